The van der Waals surface area contributed by atoms with Crippen molar-refractivity contribution < 1.29 is 13.2 Å². The van der Waals surface area contributed by atoms with Gasteiger partial charge in [-0.1, -0.05) is 6.42 Å². The fourth-order valence-electron chi connectivity index (χ4n) is 2.48. The lowest BCUT2D eigenvalue weighted by molar-refractivity contribution is 0.170. The Morgan fingerprint density at radius 2 is 2.11 bits per heavy atom. The lowest BCUT2D eigenvalue weighted by Crippen LogP contribution is -2.42. The van der Waals surface area contributed by atoms with Gasteiger partial charge in [-0.25, -0.2) is 8.42 Å². The maximum Gasteiger partial charge on any atom is 0.214 e. The largest absolute Gasteiger partial charge is 0.383 e. The summed E-state index contributed by atoms with van der Waals surface area (Å²) in [5.41, 5.74) is 0. The summed E-state index contributed by atoms with van der Waals surface area (Å²) in [7, 11) is -1.59. The second-order valence-electron chi connectivity index (χ2n) is 5.45. The van der Waals surface area contributed by atoms with E-state index >= 15 is 0 Å². The Bertz CT molecular complexity index is 338. The molecule has 0 aromatic heterocycles. The van der Waals surface area contributed by atoms with Crippen LogP contribution < -0.4 is 5.32 Å². The molecule has 0 aromatic rings. The quantitative estimate of drug-likeness (QED) is 0.730. The predicted molar refractivity (Wildman–Crippen MR) is 77.8 cm³/mol. The standard InChI is InChI=1S/C13H28N2O3S/c1-12(2)15(9-10-18-3)19(16,17)11-7-13-6-4-5-8-14-13/h12-14H,4-11H2,1-3H3. The Balaban J connectivity index is 2.50. The maximum absolute atomic E-state index is 12.4. The lowest BCUT2D eigenvalue weighted by atomic mass is 10.0. The van der Waals surface area contributed by atoms with E-state index in [0.29, 0.717) is 25.6 Å². The van der Waals surface area contributed by atoms with Crippen LogP contribution in [0.15, 0.2) is 0 Å². The minimum Gasteiger partial charge on any atom is -0.383 e. The molecule has 1 rings (SSSR count). The molecule has 1 aliphatic rings. The average Bonchev–Trinajstić information content (AvgIpc) is 2.37. The van der Waals surface area contributed by atoms with E-state index in [9.17, 15) is 8.42 Å². The Morgan fingerprint density at radius 3 is 2.63 bits per heavy atom. The normalized spacial score (nSPS) is 21.2. The first-order valence-corrected chi connectivity index (χ1v) is 8.80. The molecule has 0 spiro atoms. The SMILES string of the molecule is COCCN(C(C)C)S(=O)(=O)CCC1CCCCN1. The third kappa shape index (κ3) is 5.77. The number of hydrogen-bond donors (Lipinski definition) is 1. The van der Waals surface area contributed by atoms with Gasteiger partial charge in [0.25, 0.3) is 0 Å². The molecular weight excluding hydrogens is 264 g/mol. The molecule has 19 heavy (non-hydrogen) atoms. The first-order chi connectivity index (χ1) is 8.97. The summed E-state index contributed by atoms with van der Waals surface area (Å²) in [4.78, 5) is 0. The number of ether oxygens (including phenoxy) is 1. The van der Waals surface area contributed by atoms with E-state index in [1.54, 1.807) is 11.4 Å². The van der Waals surface area contributed by atoms with Crippen LogP contribution in [-0.2, 0) is 14.8 Å². The summed E-state index contributed by atoms with van der Waals surface area (Å²) in [5.74, 6) is 0.229. The topological polar surface area (TPSA) is 58.6 Å². The zero-order valence-electron chi connectivity index (χ0n) is 12.4. The fourth-order valence-corrected chi connectivity index (χ4v) is 4.29. The Kier molecular flexibility index (Phi) is 7.28. The van der Waals surface area contributed by atoms with Gasteiger partial charge in [-0.2, -0.15) is 4.31 Å². The van der Waals surface area contributed by atoms with Crippen molar-refractivity contribution in [2.45, 2.75) is 51.6 Å². The second kappa shape index (κ2) is 8.19. The first-order valence-electron chi connectivity index (χ1n) is 7.19. The summed E-state index contributed by atoms with van der Waals surface area (Å²) in [6.45, 7) is 5.72. The average molecular weight is 292 g/mol. The van der Waals surface area contributed by atoms with E-state index in [4.69, 9.17) is 4.74 Å². The van der Waals surface area contributed by atoms with Crippen LogP contribution in [0.4, 0.5) is 0 Å². The van der Waals surface area contributed by atoms with Crippen LogP contribution in [-0.4, -0.2) is 57.4 Å². The summed E-state index contributed by atoms with van der Waals surface area (Å²) >= 11 is 0. The molecule has 0 aromatic carbocycles. The van der Waals surface area contributed by atoms with Crippen LogP contribution in [0.2, 0.25) is 0 Å². The van der Waals surface area contributed by atoms with Gasteiger partial charge in [0.2, 0.25) is 10.0 Å². The zero-order valence-corrected chi connectivity index (χ0v) is 13.2. The van der Waals surface area contributed by atoms with Crippen molar-refractivity contribution in [3.63, 3.8) is 0 Å². The summed E-state index contributed by atoms with van der Waals surface area (Å²) in [6.07, 6.45) is 4.21. The second-order valence-corrected chi connectivity index (χ2v) is 7.49. The predicted octanol–water partition coefficient (Wildman–Crippen LogP) is 1.21. The van der Waals surface area contributed by atoms with Crippen molar-refractivity contribution in [2.24, 2.45) is 0 Å². The molecule has 1 atom stereocenters. The van der Waals surface area contributed by atoms with Crippen LogP contribution in [0.25, 0.3) is 0 Å². The number of piperidine rings is 1. The molecule has 0 saturated carbocycles. The highest BCUT2D eigenvalue weighted by Crippen LogP contribution is 2.14. The van der Waals surface area contributed by atoms with Crippen molar-refractivity contribution in [1.29, 1.82) is 0 Å². The Hall–Kier alpha value is -0.170. The number of nitrogens with zero attached hydrogens (tertiary/aromatic N) is 1. The van der Waals surface area contributed by atoms with Gasteiger partial charge in [-0.05, 0) is 39.7 Å². The summed E-state index contributed by atoms with van der Waals surface area (Å²) < 4.78 is 31.3. The van der Waals surface area contributed by atoms with E-state index in [1.807, 2.05) is 13.8 Å². The maximum atomic E-state index is 12.4. The lowest BCUT2D eigenvalue weighted by Gasteiger charge is -2.28. The van der Waals surface area contributed by atoms with Gasteiger partial charge in [-0.15, -0.1) is 0 Å². The number of sulfonamides is 1. The molecule has 1 heterocycles. The molecule has 114 valence electrons. The molecule has 0 amide bonds. The highest BCUT2D eigenvalue weighted by molar-refractivity contribution is 7.89. The minimum absolute atomic E-state index is 0.0144. The molecule has 0 aliphatic carbocycles. The number of methoxy groups -OCH3 is 1. The van der Waals surface area contributed by atoms with Gasteiger partial charge in [0.05, 0.1) is 12.4 Å². The van der Waals surface area contributed by atoms with Crippen LogP contribution in [0.3, 0.4) is 0 Å². The molecular formula is C13H28N2O3S. The molecule has 6 heteroatoms. The molecule has 5 nitrogen and oxygen atoms in total. The number of hydrogen-bond acceptors (Lipinski definition) is 4. The van der Waals surface area contributed by atoms with Gasteiger partial charge in [0, 0.05) is 25.7 Å². The highest BCUT2D eigenvalue weighted by Gasteiger charge is 2.25. The van der Waals surface area contributed by atoms with Crippen molar-refractivity contribution in [2.75, 3.05) is 32.6 Å². The molecule has 0 radical (unpaired) electrons. The van der Waals surface area contributed by atoms with Crippen LogP contribution in [0, 0.1) is 0 Å². The van der Waals surface area contributed by atoms with Gasteiger partial charge in [0.15, 0.2) is 0 Å². The van der Waals surface area contributed by atoms with Crippen molar-refractivity contribution in [1.82, 2.24) is 9.62 Å². The zero-order chi connectivity index (χ0) is 14.3. The molecule has 0 bridgehead atoms. The Labute approximate surface area is 117 Å². The molecule has 1 unspecified atom stereocenters. The monoisotopic (exact) mass is 292 g/mol. The summed E-state index contributed by atoms with van der Waals surface area (Å²) in [5, 5.41) is 3.40. The molecule has 1 fully saturated rings. The van der Waals surface area contributed by atoms with E-state index in [0.717, 1.165) is 13.0 Å². The number of nitrogens with one attached hydrogen (secondary N) is 1. The first kappa shape index (κ1) is 16.9. The third-order valence-corrected chi connectivity index (χ3v) is 5.66. The van der Waals surface area contributed by atoms with E-state index in [-0.39, 0.29) is 11.8 Å². The van der Waals surface area contributed by atoms with E-state index < -0.39 is 10.0 Å². The number of rotatable bonds is 8. The van der Waals surface area contributed by atoms with Gasteiger partial charge < -0.3 is 10.1 Å². The van der Waals surface area contributed by atoms with Crippen molar-refractivity contribution in [3.05, 3.63) is 0 Å². The van der Waals surface area contributed by atoms with E-state index in [1.165, 1.54) is 12.8 Å². The van der Waals surface area contributed by atoms with Crippen LogP contribution >= 0.6 is 0 Å². The van der Waals surface area contributed by atoms with Gasteiger partial charge in [-0.3, -0.25) is 0 Å². The van der Waals surface area contributed by atoms with Crippen molar-refractivity contribution in [3.8, 4) is 0 Å². The smallest absolute Gasteiger partial charge is 0.214 e. The fraction of sp³-hybridized carbons (Fsp3) is 1.00. The Morgan fingerprint density at radius 1 is 1.37 bits per heavy atom. The molecule has 1 saturated heterocycles. The minimum atomic E-state index is -3.18. The summed E-state index contributed by atoms with van der Waals surface area (Å²) in [6, 6.07) is 0.347. The van der Waals surface area contributed by atoms with Crippen LogP contribution in [0.1, 0.15) is 39.5 Å². The molecule has 1 N–H and O–H groups in total. The van der Waals surface area contributed by atoms with Crippen molar-refractivity contribution >= 4 is 10.0 Å². The highest BCUT2D eigenvalue weighted by atomic mass is 32.2. The molecule has 1 aliphatic heterocycles. The van der Waals surface area contributed by atoms with Gasteiger partial charge in [0.1, 0.15) is 0 Å². The van der Waals surface area contributed by atoms with Crippen LogP contribution in [0.5, 0.6) is 0 Å². The third-order valence-electron chi connectivity index (χ3n) is 3.59. The van der Waals surface area contributed by atoms with Gasteiger partial charge >= 0.3 is 0 Å². The van der Waals surface area contributed by atoms with E-state index in [2.05, 4.69) is 5.32 Å².